The molecule has 2 unspecified atom stereocenters. The summed E-state index contributed by atoms with van der Waals surface area (Å²) < 4.78 is 5.61. The van der Waals surface area contributed by atoms with Gasteiger partial charge < -0.3 is 9.84 Å². The molecule has 1 aliphatic heterocycles. The Balaban J connectivity index is 2.45. The summed E-state index contributed by atoms with van der Waals surface area (Å²) in [5.41, 5.74) is 0.0141. The maximum absolute atomic E-state index is 9.07. The fraction of sp³-hybridized carbons (Fsp3) is 1.00. The van der Waals surface area contributed by atoms with E-state index in [-0.39, 0.29) is 12.2 Å². The van der Waals surface area contributed by atoms with Gasteiger partial charge in [0.05, 0.1) is 12.2 Å². The highest BCUT2D eigenvalue weighted by Gasteiger charge is 2.35. The quantitative estimate of drug-likeness (QED) is 0.758. The summed E-state index contributed by atoms with van der Waals surface area (Å²) in [6.45, 7) is 5.27. The molecule has 3 heteroatoms. The summed E-state index contributed by atoms with van der Waals surface area (Å²) in [4.78, 5) is 0. The molecule has 0 aromatic rings. The van der Waals surface area contributed by atoms with Crippen LogP contribution < -0.4 is 0 Å². The van der Waals surface area contributed by atoms with Crippen LogP contribution in [0, 0.1) is 11.8 Å². The predicted molar refractivity (Wildman–Crippen MR) is 52.5 cm³/mol. The molecule has 0 aromatic heterocycles. The summed E-state index contributed by atoms with van der Waals surface area (Å²) in [5.74, 6) is 0.871. The van der Waals surface area contributed by atoms with Crippen molar-refractivity contribution in [3.63, 3.8) is 0 Å². The van der Waals surface area contributed by atoms with Gasteiger partial charge in [0.15, 0.2) is 0 Å². The normalized spacial score (nSPS) is 30.5. The zero-order valence-corrected chi connectivity index (χ0v) is 9.30. The number of rotatable bonds is 3. The lowest BCUT2D eigenvalue weighted by atomic mass is 9.88. The first-order chi connectivity index (χ1) is 5.59. The number of alkyl halides is 1. The molecule has 2 nitrogen and oxygen atoms in total. The minimum Gasteiger partial charge on any atom is -0.396 e. The van der Waals surface area contributed by atoms with Crippen molar-refractivity contribution in [2.75, 3.05) is 18.5 Å². The van der Waals surface area contributed by atoms with Crippen molar-refractivity contribution in [1.29, 1.82) is 0 Å². The van der Waals surface area contributed by atoms with Crippen LogP contribution in [0.2, 0.25) is 0 Å². The van der Waals surface area contributed by atoms with Crippen molar-refractivity contribution < 1.29 is 9.84 Å². The topological polar surface area (TPSA) is 29.5 Å². The average Bonchev–Trinajstić information content (AvgIpc) is 2.34. The van der Waals surface area contributed by atoms with Crippen LogP contribution in [0.3, 0.4) is 0 Å². The Morgan fingerprint density at radius 3 is 2.67 bits per heavy atom. The van der Waals surface area contributed by atoms with Crippen LogP contribution in [-0.4, -0.2) is 29.3 Å². The third-order valence-electron chi connectivity index (χ3n) is 2.54. The first kappa shape index (κ1) is 10.5. The molecule has 0 aliphatic carbocycles. The van der Waals surface area contributed by atoms with Crippen molar-refractivity contribution in [2.45, 2.75) is 25.9 Å². The Morgan fingerprint density at radius 2 is 2.33 bits per heavy atom. The number of aliphatic hydroxyl groups excluding tert-OH is 1. The Hall–Kier alpha value is 0.400. The van der Waals surface area contributed by atoms with Gasteiger partial charge in [0, 0.05) is 11.9 Å². The average molecular weight is 237 g/mol. The van der Waals surface area contributed by atoms with E-state index >= 15 is 0 Å². The van der Waals surface area contributed by atoms with Gasteiger partial charge in [0.1, 0.15) is 0 Å². The van der Waals surface area contributed by atoms with E-state index in [0.717, 1.165) is 18.4 Å². The van der Waals surface area contributed by atoms with E-state index in [1.807, 2.05) is 0 Å². The smallest absolute Gasteiger partial charge is 0.0630 e. The fourth-order valence-corrected chi connectivity index (χ4v) is 2.44. The van der Waals surface area contributed by atoms with E-state index in [1.54, 1.807) is 0 Å². The van der Waals surface area contributed by atoms with Gasteiger partial charge in [0.2, 0.25) is 0 Å². The molecule has 0 amide bonds. The molecule has 0 spiro atoms. The molecular weight excluding hydrogens is 220 g/mol. The van der Waals surface area contributed by atoms with Crippen LogP contribution in [0.4, 0.5) is 0 Å². The minimum atomic E-state index is 0.0141. The number of ether oxygens (including phenoxy) is 1. The van der Waals surface area contributed by atoms with Gasteiger partial charge in [0.25, 0.3) is 0 Å². The van der Waals surface area contributed by atoms with Gasteiger partial charge in [-0.2, -0.15) is 0 Å². The van der Waals surface area contributed by atoms with Crippen LogP contribution >= 0.6 is 15.9 Å². The van der Waals surface area contributed by atoms with Crippen molar-refractivity contribution in [3.05, 3.63) is 0 Å². The Bertz CT molecular complexity index is 143. The second-order valence-electron chi connectivity index (χ2n) is 4.13. The fourth-order valence-electron chi connectivity index (χ4n) is 1.71. The van der Waals surface area contributed by atoms with E-state index in [1.165, 1.54) is 0 Å². The van der Waals surface area contributed by atoms with Gasteiger partial charge in [-0.05, 0) is 32.1 Å². The first-order valence-electron chi connectivity index (χ1n) is 4.40. The molecule has 1 rings (SSSR count). The minimum absolute atomic E-state index is 0.0141. The zero-order valence-electron chi connectivity index (χ0n) is 7.72. The predicted octanol–water partition coefficient (Wildman–Crippen LogP) is 1.80. The maximum Gasteiger partial charge on any atom is 0.0630 e. The number of hydrogen-bond donors (Lipinski definition) is 1. The second kappa shape index (κ2) is 4.07. The zero-order chi connectivity index (χ0) is 9.19. The highest BCUT2D eigenvalue weighted by molar-refractivity contribution is 9.09. The SMILES string of the molecule is CC1(C)CC(C(CO)CBr)CO1. The standard InChI is InChI=1S/C9H17BrO2/c1-9(2)3-7(6-12-9)8(4-10)5-11/h7-8,11H,3-6H2,1-2H3. The maximum atomic E-state index is 9.07. The molecule has 0 aromatic carbocycles. The van der Waals surface area contributed by atoms with Crippen molar-refractivity contribution in [1.82, 2.24) is 0 Å². The molecule has 1 heterocycles. The molecule has 72 valence electrons. The van der Waals surface area contributed by atoms with E-state index < -0.39 is 0 Å². The monoisotopic (exact) mass is 236 g/mol. The highest BCUT2D eigenvalue weighted by atomic mass is 79.9. The molecule has 0 bridgehead atoms. The van der Waals surface area contributed by atoms with Gasteiger partial charge in [-0.15, -0.1) is 0 Å². The van der Waals surface area contributed by atoms with Crippen LogP contribution in [-0.2, 0) is 4.74 Å². The lowest BCUT2D eigenvalue weighted by Gasteiger charge is -2.19. The summed E-state index contributed by atoms with van der Waals surface area (Å²) >= 11 is 3.41. The van der Waals surface area contributed by atoms with E-state index in [4.69, 9.17) is 9.84 Å². The first-order valence-corrected chi connectivity index (χ1v) is 5.52. The van der Waals surface area contributed by atoms with Crippen molar-refractivity contribution in [3.8, 4) is 0 Å². The second-order valence-corrected chi connectivity index (χ2v) is 4.78. The Labute approximate surface area is 82.4 Å². The molecule has 12 heavy (non-hydrogen) atoms. The molecule has 0 radical (unpaired) electrons. The molecular formula is C9H17BrO2. The lowest BCUT2D eigenvalue weighted by molar-refractivity contribution is 0.0332. The molecule has 2 atom stereocenters. The van der Waals surface area contributed by atoms with Crippen molar-refractivity contribution >= 4 is 15.9 Å². The van der Waals surface area contributed by atoms with Gasteiger partial charge in [-0.1, -0.05) is 15.9 Å². The molecule has 1 saturated heterocycles. The van der Waals surface area contributed by atoms with Crippen LogP contribution in [0.15, 0.2) is 0 Å². The summed E-state index contributed by atoms with van der Waals surface area (Å²) in [7, 11) is 0. The Kier molecular flexibility index (Phi) is 3.56. The number of aliphatic hydroxyl groups is 1. The number of hydrogen-bond acceptors (Lipinski definition) is 2. The Morgan fingerprint density at radius 1 is 1.67 bits per heavy atom. The largest absolute Gasteiger partial charge is 0.396 e. The molecule has 1 N–H and O–H groups in total. The molecule has 0 saturated carbocycles. The van der Waals surface area contributed by atoms with Gasteiger partial charge >= 0.3 is 0 Å². The van der Waals surface area contributed by atoms with Crippen molar-refractivity contribution in [2.24, 2.45) is 11.8 Å². The van der Waals surface area contributed by atoms with Crippen LogP contribution in [0.1, 0.15) is 20.3 Å². The third-order valence-corrected chi connectivity index (χ3v) is 3.37. The lowest BCUT2D eigenvalue weighted by Crippen LogP contribution is -2.22. The third kappa shape index (κ3) is 2.44. The summed E-state index contributed by atoms with van der Waals surface area (Å²) in [5, 5.41) is 9.94. The van der Waals surface area contributed by atoms with Crippen LogP contribution in [0.5, 0.6) is 0 Å². The summed E-state index contributed by atoms with van der Waals surface area (Å²) in [6, 6.07) is 0. The van der Waals surface area contributed by atoms with E-state index in [0.29, 0.717) is 11.8 Å². The number of halogens is 1. The van der Waals surface area contributed by atoms with E-state index in [9.17, 15) is 0 Å². The van der Waals surface area contributed by atoms with E-state index in [2.05, 4.69) is 29.8 Å². The van der Waals surface area contributed by atoms with Gasteiger partial charge in [-0.3, -0.25) is 0 Å². The molecule has 1 aliphatic rings. The summed E-state index contributed by atoms with van der Waals surface area (Å²) in [6.07, 6.45) is 1.06. The highest BCUT2D eigenvalue weighted by Crippen LogP contribution is 2.34. The van der Waals surface area contributed by atoms with Gasteiger partial charge in [-0.25, -0.2) is 0 Å². The molecule has 1 fully saturated rings. The van der Waals surface area contributed by atoms with Crippen LogP contribution in [0.25, 0.3) is 0 Å².